The van der Waals surface area contributed by atoms with Gasteiger partial charge in [0.25, 0.3) is 5.91 Å². The van der Waals surface area contributed by atoms with Crippen molar-refractivity contribution in [3.63, 3.8) is 0 Å². The van der Waals surface area contributed by atoms with Gasteiger partial charge in [-0.25, -0.2) is 0 Å². The number of fused-ring (bicyclic) bond motifs is 3. The van der Waals surface area contributed by atoms with Crippen molar-refractivity contribution in [2.45, 2.75) is 0 Å². The molecule has 0 aliphatic rings. The quantitative estimate of drug-likeness (QED) is 0.547. The van der Waals surface area contributed by atoms with Crippen LogP contribution in [0.1, 0.15) is 9.67 Å². The maximum atomic E-state index is 11.8. The normalized spacial score (nSPS) is 11.0. The molecule has 2 aromatic heterocycles. The number of rotatable bonds is 5. The summed E-state index contributed by atoms with van der Waals surface area (Å²) in [5, 5.41) is 6.84. The summed E-state index contributed by atoms with van der Waals surface area (Å²) in [7, 11) is 0. The Kier molecular flexibility index (Phi) is 3.92. The first-order chi connectivity index (χ1) is 11.8. The number of hydrogen-bond acceptors (Lipinski definition) is 4. The summed E-state index contributed by atoms with van der Waals surface area (Å²) in [5.41, 5.74) is 1.71. The molecule has 24 heavy (non-hydrogen) atoms. The highest BCUT2D eigenvalue weighted by Crippen LogP contribution is 2.31. The summed E-state index contributed by atoms with van der Waals surface area (Å²) in [6.07, 6.45) is 0. The molecule has 120 valence electrons. The fourth-order valence-electron chi connectivity index (χ4n) is 2.62. The minimum Gasteiger partial charge on any atom is -0.492 e. The minimum atomic E-state index is -0.0649. The lowest BCUT2D eigenvalue weighted by atomic mass is 10.1. The van der Waals surface area contributed by atoms with Crippen LogP contribution in [0.3, 0.4) is 0 Å². The average Bonchev–Trinajstić information content (AvgIpc) is 3.26. The van der Waals surface area contributed by atoms with E-state index in [1.54, 1.807) is 6.07 Å². The topological polar surface area (TPSA) is 51.5 Å². The molecule has 1 N–H and O–H groups in total. The third kappa shape index (κ3) is 2.86. The zero-order chi connectivity index (χ0) is 16.4. The van der Waals surface area contributed by atoms with Crippen LogP contribution in [0.2, 0.25) is 0 Å². The zero-order valence-corrected chi connectivity index (χ0v) is 13.6. The number of para-hydroxylation sites is 1. The number of ether oxygens (including phenoxy) is 1. The summed E-state index contributed by atoms with van der Waals surface area (Å²) in [4.78, 5) is 12.5. The first-order valence-electron chi connectivity index (χ1n) is 7.67. The summed E-state index contributed by atoms with van der Waals surface area (Å²) in [6, 6.07) is 17.4. The van der Waals surface area contributed by atoms with Crippen LogP contribution in [0, 0.1) is 0 Å². The minimum absolute atomic E-state index is 0.0649. The van der Waals surface area contributed by atoms with Crippen molar-refractivity contribution in [2.75, 3.05) is 13.2 Å². The van der Waals surface area contributed by atoms with Crippen LogP contribution in [-0.4, -0.2) is 19.1 Å². The molecule has 0 fully saturated rings. The lowest BCUT2D eigenvalue weighted by Crippen LogP contribution is -2.27. The van der Waals surface area contributed by atoms with Crippen molar-refractivity contribution in [1.29, 1.82) is 0 Å². The molecule has 2 aromatic carbocycles. The second-order valence-electron chi connectivity index (χ2n) is 5.34. The van der Waals surface area contributed by atoms with Crippen LogP contribution in [0.25, 0.3) is 21.9 Å². The van der Waals surface area contributed by atoms with Crippen molar-refractivity contribution in [1.82, 2.24) is 5.32 Å². The van der Waals surface area contributed by atoms with Crippen molar-refractivity contribution in [2.24, 2.45) is 0 Å². The van der Waals surface area contributed by atoms with Gasteiger partial charge in [-0.05, 0) is 35.7 Å². The van der Waals surface area contributed by atoms with Crippen LogP contribution in [0.15, 0.2) is 64.4 Å². The summed E-state index contributed by atoms with van der Waals surface area (Å²) in [5.74, 6) is 0.698. The molecule has 2 heterocycles. The molecule has 0 atom stereocenters. The van der Waals surface area contributed by atoms with Crippen molar-refractivity contribution in [3.05, 3.63) is 64.9 Å². The van der Waals surface area contributed by atoms with Gasteiger partial charge in [-0.3, -0.25) is 4.79 Å². The van der Waals surface area contributed by atoms with Crippen molar-refractivity contribution < 1.29 is 13.9 Å². The van der Waals surface area contributed by atoms with E-state index >= 15 is 0 Å². The Balaban J connectivity index is 1.41. The molecule has 4 nitrogen and oxygen atoms in total. The molecule has 0 aliphatic heterocycles. The monoisotopic (exact) mass is 337 g/mol. The van der Waals surface area contributed by atoms with Crippen LogP contribution >= 0.6 is 11.3 Å². The number of benzene rings is 2. The molecule has 1 amide bonds. The molecule has 4 aromatic rings. The molecule has 0 saturated carbocycles. The number of carbonyl (C=O) groups excluding carboxylic acids is 1. The van der Waals surface area contributed by atoms with Gasteiger partial charge >= 0.3 is 0 Å². The van der Waals surface area contributed by atoms with E-state index in [1.165, 1.54) is 11.3 Å². The number of amides is 1. The van der Waals surface area contributed by atoms with Crippen LogP contribution in [0.4, 0.5) is 0 Å². The number of thiophene rings is 1. The number of furan rings is 1. The van der Waals surface area contributed by atoms with E-state index in [1.807, 2.05) is 53.9 Å². The highest BCUT2D eigenvalue weighted by Gasteiger charge is 2.08. The van der Waals surface area contributed by atoms with E-state index in [0.29, 0.717) is 18.0 Å². The maximum absolute atomic E-state index is 11.8. The number of hydrogen-bond donors (Lipinski definition) is 1. The van der Waals surface area contributed by atoms with Gasteiger partial charge in [0.05, 0.1) is 11.4 Å². The van der Waals surface area contributed by atoms with Gasteiger partial charge in [-0.1, -0.05) is 24.3 Å². The first-order valence-corrected chi connectivity index (χ1v) is 8.55. The highest BCUT2D eigenvalue weighted by molar-refractivity contribution is 7.12. The second kappa shape index (κ2) is 6.37. The van der Waals surface area contributed by atoms with Crippen LogP contribution < -0.4 is 10.1 Å². The third-order valence-corrected chi connectivity index (χ3v) is 4.62. The summed E-state index contributed by atoms with van der Waals surface area (Å²) < 4.78 is 11.5. The van der Waals surface area contributed by atoms with E-state index in [2.05, 4.69) is 5.32 Å². The molecule has 0 aliphatic carbocycles. The fourth-order valence-corrected chi connectivity index (χ4v) is 3.26. The van der Waals surface area contributed by atoms with Gasteiger partial charge in [0, 0.05) is 10.8 Å². The lowest BCUT2D eigenvalue weighted by molar-refractivity contribution is 0.0951. The summed E-state index contributed by atoms with van der Waals surface area (Å²) in [6.45, 7) is 0.874. The van der Waals surface area contributed by atoms with E-state index in [9.17, 15) is 4.79 Å². The van der Waals surface area contributed by atoms with Crippen molar-refractivity contribution in [3.8, 4) is 5.75 Å². The van der Waals surface area contributed by atoms with Gasteiger partial charge in [0.1, 0.15) is 23.5 Å². The van der Waals surface area contributed by atoms with Crippen molar-refractivity contribution >= 4 is 39.2 Å². The highest BCUT2D eigenvalue weighted by atomic mass is 32.1. The van der Waals surface area contributed by atoms with Crippen LogP contribution in [0.5, 0.6) is 5.75 Å². The number of nitrogens with one attached hydrogen (secondary N) is 1. The summed E-state index contributed by atoms with van der Waals surface area (Å²) >= 11 is 1.43. The standard InChI is InChI=1S/C19H15NO3S/c21-19(18-6-3-11-24-18)20-9-10-22-13-7-8-17-15(12-13)14-4-1-2-5-16(14)23-17/h1-8,11-12H,9-10H2,(H,20,21). The fraction of sp³-hybridized carbons (Fsp3) is 0.105. The Bertz CT molecular complexity index is 988. The van der Waals surface area contributed by atoms with Gasteiger partial charge in [-0.15, -0.1) is 11.3 Å². The molecule has 0 radical (unpaired) electrons. The Morgan fingerprint density at radius 3 is 2.79 bits per heavy atom. The van der Waals surface area contributed by atoms with Gasteiger partial charge in [0.2, 0.25) is 0 Å². The van der Waals surface area contributed by atoms with Gasteiger partial charge in [-0.2, -0.15) is 0 Å². The SMILES string of the molecule is O=C(NCCOc1ccc2oc3ccccc3c2c1)c1cccs1. The van der Waals surface area contributed by atoms with Gasteiger partial charge in [0.15, 0.2) is 0 Å². The molecular formula is C19H15NO3S. The molecule has 0 spiro atoms. The van der Waals surface area contributed by atoms with Crippen LogP contribution in [-0.2, 0) is 0 Å². The predicted molar refractivity (Wildman–Crippen MR) is 95.9 cm³/mol. The molecule has 0 unspecified atom stereocenters. The van der Waals surface area contributed by atoms with E-state index < -0.39 is 0 Å². The Hall–Kier alpha value is -2.79. The van der Waals surface area contributed by atoms with E-state index in [0.717, 1.165) is 27.7 Å². The van der Waals surface area contributed by atoms with E-state index in [-0.39, 0.29) is 5.91 Å². The molecule has 0 bridgehead atoms. The lowest BCUT2D eigenvalue weighted by Gasteiger charge is -2.07. The predicted octanol–water partition coefficient (Wildman–Crippen LogP) is 4.46. The first kappa shape index (κ1) is 14.8. The Morgan fingerprint density at radius 1 is 1.04 bits per heavy atom. The largest absolute Gasteiger partial charge is 0.492 e. The Labute approximate surface area is 142 Å². The molecule has 5 heteroatoms. The average molecular weight is 337 g/mol. The third-order valence-electron chi connectivity index (χ3n) is 3.75. The molecule has 4 rings (SSSR count). The zero-order valence-electron chi connectivity index (χ0n) is 12.8. The smallest absolute Gasteiger partial charge is 0.261 e. The maximum Gasteiger partial charge on any atom is 0.261 e. The second-order valence-corrected chi connectivity index (χ2v) is 6.29. The van der Waals surface area contributed by atoms with E-state index in [4.69, 9.17) is 9.15 Å². The molecule has 0 saturated heterocycles. The Morgan fingerprint density at radius 2 is 1.92 bits per heavy atom. The molecular weight excluding hydrogens is 322 g/mol. The number of carbonyl (C=O) groups is 1. The van der Waals surface area contributed by atoms with Gasteiger partial charge < -0.3 is 14.5 Å².